The van der Waals surface area contributed by atoms with Crippen LogP contribution in [0.15, 0.2) is 65.7 Å². The Kier molecular flexibility index (Phi) is 5.77. The fraction of sp³-hybridized carbons (Fsp3) is 0.158. The van der Waals surface area contributed by atoms with Crippen LogP contribution in [0.4, 0.5) is 5.82 Å². The number of aliphatic imine (C=N–C) groups is 1. The van der Waals surface area contributed by atoms with Crippen molar-refractivity contribution in [1.82, 2.24) is 9.13 Å². The summed E-state index contributed by atoms with van der Waals surface area (Å²) in [4.78, 5) is 4.68. The van der Waals surface area contributed by atoms with E-state index in [0.717, 1.165) is 21.2 Å². The van der Waals surface area contributed by atoms with Gasteiger partial charge in [-0.1, -0.05) is 0 Å². The van der Waals surface area contributed by atoms with Crippen LogP contribution in [0.3, 0.4) is 0 Å². The number of imidazole rings is 1. The number of rotatable bonds is 5. The summed E-state index contributed by atoms with van der Waals surface area (Å²) in [5, 5.41) is 0. The van der Waals surface area contributed by atoms with Gasteiger partial charge in [-0.25, -0.2) is 0 Å². The second-order valence-electron chi connectivity index (χ2n) is 5.75. The second-order valence-corrected chi connectivity index (χ2v) is 7.33. The van der Waals surface area contributed by atoms with Gasteiger partial charge in [0.15, 0.2) is 0 Å². The summed E-state index contributed by atoms with van der Waals surface area (Å²) in [5.74, 6) is 0.700. The van der Waals surface area contributed by atoms with E-state index in [2.05, 4.69) is 65.4 Å². The normalized spacial score (nSPS) is 11.6. The van der Waals surface area contributed by atoms with Gasteiger partial charge in [0, 0.05) is 0 Å². The molecule has 0 aliphatic heterocycles. The molecule has 2 N–H and O–H groups in total. The maximum absolute atomic E-state index is 6.44. The topological polar surface area (TPSA) is 48.2 Å². The van der Waals surface area contributed by atoms with Gasteiger partial charge in [0.05, 0.1) is 0 Å². The molecule has 0 spiro atoms. The Morgan fingerprint density at radius 2 is 1.56 bits per heavy atom. The van der Waals surface area contributed by atoms with Crippen LogP contribution >= 0.6 is 0 Å². The molecule has 0 saturated carbocycles. The SMILES string of the molecule is Cn1c(C([Se])=NCc2ccccc2)c(N)n(Cc2ccccc2)c1=[Se]. The number of nitrogens with two attached hydrogens (primary N) is 1. The van der Waals surface area contributed by atoms with E-state index < -0.39 is 0 Å². The Morgan fingerprint density at radius 1 is 1.00 bits per heavy atom. The fourth-order valence-corrected chi connectivity index (χ4v) is 3.85. The number of nitrogen functional groups attached to an aromatic ring is 1. The average Bonchev–Trinajstić information content (AvgIpc) is 2.85. The second kappa shape index (κ2) is 8.03. The zero-order valence-corrected chi connectivity index (χ0v) is 17.3. The number of hydrogen-bond acceptors (Lipinski definition) is 2. The van der Waals surface area contributed by atoms with Crippen LogP contribution in [0, 0.1) is 4.32 Å². The molecule has 0 bridgehead atoms. The number of anilines is 1. The van der Waals surface area contributed by atoms with E-state index >= 15 is 0 Å². The number of benzene rings is 2. The van der Waals surface area contributed by atoms with Gasteiger partial charge in [-0.05, 0) is 0 Å². The van der Waals surface area contributed by atoms with E-state index in [9.17, 15) is 0 Å². The Hall–Kier alpha value is -1.84. The first-order valence-electron chi connectivity index (χ1n) is 7.92. The Labute approximate surface area is 163 Å². The van der Waals surface area contributed by atoms with Gasteiger partial charge >= 0.3 is 164 Å². The Bertz CT molecular complexity index is 941. The van der Waals surface area contributed by atoms with E-state index in [1.165, 1.54) is 11.1 Å². The van der Waals surface area contributed by atoms with Crippen LogP contribution in [0.25, 0.3) is 0 Å². The standard InChI is InChI=1S/C19H19N4Se2/c1-22-16(18(24)21-12-14-8-4-2-5-9-14)17(20)23(19(22)25)13-15-10-6-3-7-11-15/h2-11H,12-13,20H2,1H3. The van der Waals surface area contributed by atoms with Crippen molar-refractivity contribution in [1.29, 1.82) is 0 Å². The van der Waals surface area contributed by atoms with E-state index in [1.54, 1.807) is 0 Å². The van der Waals surface area contributed by atoms with Crippen molar-refractivity contribution in [3.63, 3.8) is 0 Å². The molecule has 127 valence electrons. The van der Waals surface area contributed by atoms with E-state index in [-0.39, 0.29) is 0 Å². The molecule has 0 aliphatic carbocycles. The molecular formula is C19H19N4Se2. The maximum atomic E-state index is 6.44. The predicted octanol–water partition coefficient (Wildman–Crippen LogP) is 2.27. The zero-order chi connectivity index (χ0) is 17.8. The van der Waals surface area contributed by atoms with Crippen molar-refractivity contribution >= 4 is 42.0 Å². The first-order valence-corrected chi connectivity index (χ1v) is 9.64. The minimum absolute atomic E-state index is 0.620. The fourth-order valence-electron chi connectivity index (χ4n) is 2.67. The molecule has 0 aliphatic rings. The van der Waals surface area contributed by atoms with Gasteiger partial charge in [0.25, 0.3) is 0 Å². The monoisotopic (exact) mass is 463 g/mol. The molecule has 3 rings (SSSR count). The van der Waals surface area contributed by atoms with E-state index in [4.69, 9.17) is 5.73 Å². The molecule has 0 atom stereocenters. The van der Waals surface area contributed by atoms with Crippen molar-refractivity contribution in [2.24, 2.45) is 12.0 Å². The van der Waals surface area contributed by atoms with Crippen molar-refractivity contribution < 1.29 is 0 Å². The molecular weight excluding hydrogens is 442 g/mol. The van der Waals surface area contributed by atoms with Crippen molar-refractivity contribution in [2.45, 2.75) is 13.1 Å². The van der Waals surface area contributed by atoms with Crippen LogP contribution in [-0.2, 0) is 20.1 Å². The summed E-state index contributed by atoms with van der Waals surface area (Å²) in [5.41, 5.74) is 9.72. The van der Waals surface area contributed by atoms with Gasteiger partial charge in [-0.2, -0.15) is 0 Å². The third-order valence-electron chi connectivity index (χ3n) is 4.02. The third-order valence-corrected chi connectivity index (χ3v) is 5.73. The first-order chi connectivity index (χ1) is 12.1. The van der Waals surface area contributed by atoms with Gasteiger partial charge in [-0.15, -0.1) is 0 Å². The molecule has 0 saturated heterocycles. The summed E-state index contributed by atoms with van der Waals surface area (Å²) in [6.07, 6.45) is 0. The molecule has 1 aromatic heterocycles. The summed E-state index contributed by atoms with van der Waals surface area (Å²) in [6.45, 7) is 1.34. The van der Waals surface area contributed by atoms with Gasteiger partial charge < -0.3 is 0 Å². The molecule has 1 radical (unpaired) electrons. The summed E-state index contributed by atoms with van der Waals surface area (Å²) >= 11 is 6.20. The van der Waals surface area contributed by atoms with Crippen molar-refractivity contribution in [3.05, 3.63) is 81.8 Å². The molecule has 1 heterocycles. The number of nitrogens with zero attached hydrogens (tertiary/aromatic N) is 3. The van der Waals surface area contributed by atoms with Crippen LogP contribution in [0.2, 0.25) is 0 Å². The van der Waals surface area contributed by atoms with Crippen LogP contribution in [0.5, 0.6) is 0 Å². The Morgan fingerprint density at radius 3 is 2.16 bits per heavy atom. The van der Waals surface area contributed by atoms with Crippen molar-refractivity contribution in [2.75, 3.05) is 5.73 Å². The van der Waals surface area contributed by atoms with Crippen LogP contribution in [0.1, 0.15) is 16.8 Å². The molecule has 25 heavy (non-hydrogen) atoms. The Balaban J connectivity index is 1.92. The zero-order valence-electron chi connectivity index (χ0n) is 13.9. The van der Waals surface area contributed by atoms with Gasteiger partial charge in [0.2, 0.25) is 0 Å². The van der Waals surface area contributed by atoms with Crippen molar-refractivity contribution in [3.8, 4) is 0 Å². The average molecular weight is 461 g/mol. The molecule has 2 aromatic carbocycles. The molecule has 6 heteroatoms. The summed E-state index contributed by atoms with van der Waals surface area (Å²) in [7, 11) is 1.99. The third kappa shape index (κ3) is 4.05. The first kappa shape index (κ1) is 18.0. The quantitative estimate of drug-likeness (QED) is 0.460. The van der Waals surface area contributed by atoms with Crippen LogP contribution < -0.4 is 5.73 Å². The minimum atomic E-state index is 0.620. The molecule has 3 aromatic rings. The predicted molar refractivity (Wildman–Crippen MR) is 105 cm³/mol. The number of aromatic nitrogens is 2. The molecule has 0 fully saturated rings. The number of hydrogen-bond donors (Lipinski definition) is 1. The molecule has 4 nitrogen and oxygen atoms in total. The van der Waals surface area contributed by atoms with Gasteiger partial charge in [0.1, 0.15) is 0 Å². The van der Waals surface area contributed by atoms with E-state index in [0.29, 0.717) is 12.4 Å². The molecule has 0 unspecified atom stereocenters. The van der Waals surface area contributed by atoms with E-state index in [1.807, 2.05) is 48.0 Å². The summed E-state index contributed by atoms with van der Waals surface area (Å²) in [6, 6.07) is 20.5. The molecule has 0 amide bonds. The van der Waals surface area contributed by atoms with Gasteiger partial charge in [-0.3, -0.25) is 0 Å². The van der Waals surface area contributed by atoms with Crippen LogP contribution in [-0.4, -0.2) is 45.3 Å². The summed E-state index contributed by atoms with van der Waals surface area (Å²) < 4.78 is 5.89.